The summed E-state index contributed by atoms with van der Waals surface area (Å²) in [6.07, 6.45) is 2.05. The second kappa shape index (κ2) is 5.64. The maximum absolute atomic E-state index is 11.8. The number of pyridine rings is 1. The minimum atomic E-state index is -2.96. The van der Waals surface area contributed by atoms with Crippen LogP contribution in [0.3, 0.4) is 0 Å². The highest BCUT2D eigenvalue weighted by Crippen LogP contribution is 2.24. The quantitative estimate of drug-likeness (QED) is 0.925. The first-order valence-electron chi connectivity index (χ1n) is 5.67. The molecule has 2 rings (SSSR count). The third-order valence-corrected chi connectivity index (χ3v) is 5.42. The van der Waals surface area contributed by atoms with Crippen molar-refractivity contribution < 1.29 is 13.2 Å². The summed E-state index contributed by atoms with van der Waals surface area (Å²) in [5.74, 6) is 0.159. The van der Waals surface area contributed by atoms with E-state index in [0.29, 0.717) is 22.3 Å². The van der Waals surface area contributed by atoms with Gasteiger partial charge in [0, 0.05) is 18.7 Å². The van der Waals surface area contributed by atoms with Gasteiger partial charge in [-0.3, -0.25) is 4.79 Å². The van der Waals surface area contributed by atoms with Crippen molar-refractivity contribution in [3.63, 3.8) is 0 Å². The van der Waals surface area contributed by atoms with Crippen molar-refractivity contribution in [3.8, 4) is 0 Å². The van der Waals surface area contributed by atoms with Gasteiger partial charge in [0.15, 0.2) is 9.84 Å². The van der Waals surface area contributed by atoms with E-state index in [1.807, 2.05) is 0 Å². The Morgan fingerprint density at radius 1 is 1.42 bits per heavy atom. The Bertz CT molecular complexity index is 604. The number of anilines is 1. The lowest BCUT2D eigenvalue weighted by Crippen LogP contribution is -2.18. The molecule has 0 spiro atoms. The molecule has 1 aromatic rings. The molecule has 1 aliphatic rings. The van der Waals surface area contributed by atoms with Crippen LogP contribution in [-0.4, -0.2) is 30.8 Å². The molecule has 0 aromatic carbocycles. The first-order valence-corrected chi connectivity index (χ1v) is 8.25. The normalized spacial score (nSPS) is 21.3. The zero-order valence-corrected chi connectivity index (χ0v) is 12.2. The van der Waals surface area contributed by atoms with Crippen LogP contribution in [0.4, 0.5) is 5.82 Å². The summed E-state index contributed by atoms with van der Waals surface area (Å²) in [6.45, 7) is 0. The average molecular weight is 323 g/mol. The molecule has 1 fully saturated rings. The van der Waals surface area contributed by atoms with Gasteiger partial charge in [-0.2, -0.15) is 0 Å². The number of hydrogen-bond donors (Lipinski definition) is 1. The van der Waals surface area contributed by atoms with Gasteiger partial charge in [0.25, 0.3) is 0 Å². The maximum atomic E-state index is 11.8. The summed E-state index contributed by atoms with van der Waals surface area (Å²) in [6, 6.07) is 1.45. The Morgan fingerprint density at radius 3 is 2.74 bits per heavy atom. The van der Waals surface area contributed by atoms with E-state index >= 15 is 0 Å². The highest BCUT2D eigenvalue weighted by molar-refractivity contribution is 7.91. The Kier molecular flexibility index (Phi) is 4.32. The van der Waals surface area contributed by atoms with E-state index in [2.05, 4.69) is 10.3 Å². The molecular formula is C11H12Cl2N2O3S. The molecule has 1 aliphatic heterocycles. The Balaban J connectivity index is 1.93. The summed E-state index contributed by atoms with van der Waals surface area (Å²) >= 11 is 11.5. The third kappa shape index (κ3) is 4.06. The van der Waals surface area contributed by atoms with Crippen LogP contribution in [-0.2, 0) is 14.6 Å². The molecule has 8 heteroatoms. The fourth-order valence-corrected chi connectivity index (χ4v) is 4.09. The lowest BCUT2D eigenvalue weighted by Gasteiger charge is -2.08. The number of rotatable bonds is 3. The minimum absolute atomic E-state index is 0.0786. The average Bonchev–Trinajstić information content (AvgIpc) is 2.63. The number of aromatic nitrogens is 1. The van der Waals surface area contributed by atoms with Crippen molar-refractivity contribution >= 4 is 44.8 Å². The standard InChI is InChI=1S/C11H12Cl2N2O3S/c12-8-4-10(14-5-9(8)13)15-11(16)3-7-1-2-19(17,18)6-7/h4-5,7H,1-3,6H2,(H,14,15,16)/t7-/m0/s1. The van der Waals surface area contributed by atoms with Crippen LogP contribution in [0.1, 0.15) is 12.8 Å². The second-order valence-electron chi connectivity index (χ2n) is 4.51. The van der Waals surface area contributed by atoms with E-state index in [1.165, 1.54) is 12.3 Å². The van der Waals surface area contributed by atoms with Gasteiger partial charge in [0.05, 0.1) is 21.6 Å². The van der Waals surface area contributed by atoms with E-state index in [1.54, 1.807) is 0 Å². The van der Waals surface area contributed by atoms with Crippen LogP contribution in [0, 0.1) is 5.92 Å². The molecule has 0 bridgehead atoms. The summed E-state index contributed by atoms with van der Waals surface area (Å²) in [5, 5.41) is 3.18. The molecule has 1 amide bonds. The Labute approximate surface area is 121 Å². The molecule has 1 atom stereocenters. The van der Waals surface area contributed by atoms with Crippen LogP contribution in [0.15, 0.2) is 12.3 Å². The van der Waals surface area contributed by atoms with Crippen LogP contribution < -0.4 is 5.32 Å². The van der Waals surface area contributed by atoms with Crippen molar-refractivity contribution in [2.24, 2.45) is 5.92 Å². The summed E-state index contributed by atoms with van der Waals surface area (Å²) in [5.41, 5.74) is 0. The fraction of sp³-hybridized carbons (Fsp3) is 0.455. The zero-order valence-electron chi connectivity index (χ0n) is 9.90. The predicted octanol–water partition coefficient (Wildman–Crippen LogP) is 2.15. The molecule has 0 aliphatic carbocycles. The molecule has 0 saturated carbocycles. The number of nitrogens with zero attached hydrogens (tertiary/aromatic N) is 1. The van der Waals surface area contributed by atoms with Gasteiger partial charge in [-0.05, 0) is 12.3 Å². The van der Waals surface area contributed by atoms with Crippen LogP contribution in [0.5, 0.6) is 0 Å². The van der Waals surface area contributed by atoms with E-state index in [0.717, 1.165) is 0 Å². The van der Waals surface area contributed by atoms with Gasteiger partial charge in [-0.1, -0.05) is 23.2 Å². The number of carbonyl (C=O) groups excluding carboxylic acids is 1. The van der Waals surface area contributed by atoms with Gasteiger partial charge >= 0.3 is 0 Å². The summed E-state index contributed by atoms with van der Waals surface area (Å²) in [7, 11) is -2.96. The Hall–Kier alpha value is -0.850. The first-order chi connectivity index (χ1) is 8.85. The van der Waals surface area contributed by atoms with Crippen molar-refractivity contribution in [1.82, 2.24) is 4.98 Å². The van der Waals surface area contributed by atoms with Gasteiger partial charge in [-0.25, -0.2) is 13.4 Å². The van der Waals surface area contributed by atoms with Crippen LogP contribution >= 0.6 is 23.2 Å². The SMILES string of the molecule is O=C(C[C@@H]1CCS(=O)(=O)C1)Nc1cc(Cl)c(Cl)cn1. The minimum Gasteiger partial charge on any atom is -0.311 e. The van der Waals surface area contributed by atoms with Crippen LogP contribution in [0.2, 0.25) is 10.0 Å². The number of hydrogen-bond acceptors (Lipinski definition) is 4. The van der Waals surface area contributed by atoms with Crippen molar-refractivity contribution in [2.75, 3.05) is 16.8 Å². The van der Waals surface area contributed by atoms with E-state index in [-0.39, 0.29) is 29.8 Å². The van der Waals surface area contributed by atoms with E-state index in [9.17, 15) is 13.2 Å². The van der Waals surface area contributed by atoms with Crippen LogP contribution in [0.25, 0.3) is 0 Å². The number of nitrogens with one attached hydrogen (secondary N) is 1. The molecule has 2 heterocycles. The number of halogens is 2. The molecule has 1 saturated heterocycles. The molecule has 104 valence electrons. The largest absolute Gasteiger partial charge is 0.311 e. The van der Waals surface area contributed by atoms with Crippen molar-refractivity contribution in [3.05, 3.63) is 22.3 Å². The first kappa shape index (κ1) is 14.6. The van der Waals surface area contributed by atoms with Gasteiger partial charge in [-0.15, -0.1) is 0 Å². The van der Waals surface area contributed by atoms with Crippen molar-refractivity contribution in [2.45, 2.75) is 12.8 Å². The number of carbonyl (C=O) groups is 1. The fourth-order valence-electron chi connectivity index (χ4n) is 1.97. The molecule has 5 nitrogen and oxygen atoms in total. The monoisotopic (exact) mass is 322 g/mol. The Morgan fingerprint density at radius 2 is 2.16 bits per heavy atom. The second-order valence-corrected chi connectivity index (χ2v) is 7.55. The molecular weight excluding hydrogens is 311 g/mol. The maximum Gasteiger partial charge on any atom is 0.225 e. The summed E-state index contributed by atoms with van der Waals surface area (Å²) in [4.78, 5) is 15.7. The van der Waals surface area contributed by atoms with Gasteiger partial charge in [0.2, 0.25) is 5.91 Å². The van der Waals surface area contributed by atoms with Gasteiger partial charge < -0.3 is 5.32 Å². The number of amides is 1. The van der Waals surface area contributed by atoms with E-state index < -0.39 is 9.84 Å². The highest BCUT2D eigenvalue weighted by atomic mass is 35.5. The third-order valence-electron chi connectivity index (χ3n) is 2.88. The predicted molar refractivity (Wildman–Crippen MR) is 74.3 cm³/mol. The molecule has 0 radical (unpaired) electrons. The lowest BCUT2D eigenvalue weighted by atomic mass is 10.1. The highest BCUT2D eigenvalue weighted by Gasteiger charge is 2.29. The summed E-state index contributed by atoms with van der Waals surface area (Å²) < 4.78 is 22.6. The lowest BCUT2D eigenvalue weighted by molar-refractivity contribution is -0.116. The molecule has 0 unspecified atom stereocenters. The topological polar surface area (TPSA) is 76.1 Å². The molecule has 19 heavy (non-hydrogen) atoms. The molecule has 1 N–H and O–H groups in total. The van der Waals surface area contributed by atoms with E-state index in [4.69, 9.17) is 23.2 Å². The van der Waals surface area contributed by atoms with Gasteiger partial charge in [0.1, 0.15) is 5.82 Å². The van der Waals surface area contributed by atoms with Crippen molar-refractivity contribution in [1.29, 1.82) is 0 Å². The molecule has 1 aromatic heterocycles. The zero-order chi connectivity index (χ0) is 14.0. The number of sulfone groups is 1. The smallest absolute Gasteiger partial charge is 0.225 e.